The second-order valence-corrected chi connectivity index (χ2v) is 8.42. The van der Waals surface area contributed by atoms with Crippen LogP contribution in [0.3, 0.4) is 0 Å². The highest BCUT2D eigenvalue weighted by Gasteiger charge is 2.20. The van der Waals surface area contributed by atoms with Gasteiger partial charge in [0.2, 0.25) is 0 Å². The summed E-state index contributed by atoms with van der Waals surface area (Å²) in [6, 6.07) is 28.5. The van der Waals surface area contributed by atoms with Crippen LogP contribution in [0.25, 0.3) is 27.7 Å². The van der Waals surface area contributed by atoms with Gasteiger partial charge < -0.3 is 9.47 Å². The van der Waals surface area contributed by atoms with Gasteiger partial charge in [-0.05, 0) is 42.6 Å². The molecule has 1 fully saturated rings. The molecule has 0 bridgehead atoms. The molecule has 1 aliphatic heterocycles. The monoisotopic (exact) mass is 395 g/mol. The Kier molecular flexibility index (Phi) is 5.16. The van der Waals surface area contributed by atoms with Gasteiger partial charge in [-0.25, -0.2) is 0 Å². The average molecular weight is 396 g/mol. The van der Waals surface area contributed by atoms with Crippen molar-refractivity contribution in [2.75, 3.05) is 33.2 Å². The van der Waals surface area contributed by atoms with Gasteiger partial charge in [-0.15, -0.1) is 0 Å². The first-order chi connectivity index (χ1) is 14.7. The molecule has 0 spiro atoms. The third-order valence-electron chi connectivity index (χ3n) is 6.42. The maximum Gasteiger partial charge on any atom is 0.0537 e. The Labute approximate surface area is 179 Å². The van der Waals surface area contributed by atoms with E-state index < -0.39 is 0 Å². The summed E-state index contributed by atoms with van der Waals surface area (Å²) in [5.74, 6) is 0. The quantitative estimate of drug-likeness (QED) is 0.461. The first kappa shape index (κ1) is 19.1. The van der Waals surface area contributed by atoms with Gasteiger partial charge in [0, 0.05) is 43.8 Å². The van der Waals surface area contributed by atoms with Crippen molar-refractivity contribution in [2.24, 2.45) is 0 Å². The van der Waals surface area contributed by atoms with Crippen molar-refractivity contribution >= 4 is 10.8 Å². The van der Waals surface area contributed by atoms with Gasteiger partial charge in [0.25, 0.3) is 0 Å². The van der Waals surface area contributed by atoms with Crippen LogP contribution in [0.1, 0.15) is 11.3 Å². The van der Waals surface area contributed by atoms with Gasteiger partial charge in [0.1, 0.15) is 0 Å². The molecule has 0 unspecified atom stereocenters. The summed E-state index contributed by atoms with van der Waals surface area (Å²) >= 11 is 0. The van der Waals surface area contributed by atoms with E-state index in [0.29, 0.717) is 0 Å². The molecule has 1 saturated heterocycles. The van der Waals surface area contributed by atoms with Crippen LogP contribution in [0.15, 0.2) is 78.9 Å². The molecule has 0 N–H and O–H groups in total. The van der Waals surface area contributed by atoms with Crippen molar-refractivity contribution in [1.82, 2.24) is 14.4 Å². The highest BCUT2D eigenvalue weighted by atomic mass is 15.2. The average Bonchev–Trinajstić information content (AvgIpc) is 3.11. The van der Waals surface area contributed by atoms with Crippen LogP contribution in [0, 0.1) is 6.92 Å². The SMILES string of the molecule is Cc1c(CN2CCN(C)CC2)cc(-c2ccccc2)n1-c1cccc2ccccc12. The smallest absolute Gasteiger partial charge is 0.0537 e. The molecule has 1 aromatic heterocycles. The van der Waals surface area contributed by atoms with E-state index in [1.807, 2.05) is 0 Å². The molecule has 4 aromatic rings. The Balaban J connectivity index is 1.64. The van der Waals surface area contributed by atoms with Crippen LogP contribution in [-0.2, 0) is 6.54 Å². The molecule has 5 rings (SSSR count). The Morgan fingerprint density at radius 1 is 0.767 bits per heavy atom. The van der Waals surface area contributed by atoms with Gasteiger partial charge >= 0.3 is 0 Å². The van der Waals surface area contributed by atoms with E-state index in [-0.39, 0.29) is 0 Å². The van der Waals surface area contributed by atoms with Crippen molar-refractivity contribution < 1.29 is 0 Å². The first-order valence-electron chi connectivity index (χ1n) is 10.9. The molecule has 30 heavy (non-hydrogen) atoms. The molecular formula is C27H29N3. The van der Waals surface area contributed by atoms with Crippen LogP contribution in [0.2, 0.25) is 0 Å². The summed E-state index contributed by atoms with van der Waals surface area (Å²) in [5, 5.41) is 2.57. The number of hydrogen-bond donors (Lipinski definition) is 0. The fourth-order valence-corrected chi connectivity index (χ4v) is 4.60. The number of rotatable bonds is 4. The van der Waals surface area contributed by atoms with Crippen LogP contribution < -0.4 is 0 Å². The molecule has 0 radical (unpaired) electrons. The fourth-order valence-electron chi connectivity index (χ4n) is 4.60. The number of aromatic nitrogens is 1. The van der Waals surface area contributed by atoms with E-state index in [1.54, 1.807) is 0 Å². The lowest BCUT2D eigenvalue weighted by Crippen LogP contribution is -2.43. The molecule has 152 valence electrons. The zero-order chi connectivity index (χ0) is 20.5. The van der Waals surface area contributed by atoms with Crippen molar-refractivity contribution in [3.05, 3.63) is 90.1 Å². The standard InChI is InChI=1S/C27H29N3/c1-21-24(20-29-17-15-28(2)16-18-29)19-27(23-10-4-3-5-11-23)30(21)26-14-8-12-22-9-6-7-13-25(22)26/h3-14,19H,15-18,20H2,1-2H3. The second-order valence-electron chi connectivity index (χ2n) is 8.42. The minimum Gasteiger partial charge on any atom is -0.313 e. The third kappa shape index (κ3) is 3.55. The maximum absolute atomic E-state index is 2.59. The van der Waals surface area contributed by atoms with Gasteiger partial charge in [0.15, 0.2) is 0 Å². The summed E-state index contributed by atoms with van der Waals surface area (Å²) < 4.78 is 2.46. The number of fused-ring (bicyclic) bond motifs is 1. The van der Waals surface area contributed by atoms with Crippen LogP contribution >= 0.6 is 0 Å². The molecule has 1 aliphatic rings. The predicted molar refractivity (Wildman–Crippen MR) is 126 cm³/mol. The number of hydrogen-bond acceptors (Lipinski definition) is 2. The lowest BCUT2D eigenvalue weighted by molar-refractivity contribution is 0.148. The highest BCUT2D eigenvalue weighted by molar-refractivity contribution is 5.91. The van der Waals surface area contributed by atoms with E-state index in [0.717, 1.165) is 32.7 Å². The van der Waals surface area contributed by atoms with E-state index >= 15 is 0 Å². The number of nitrogens with zero attached hydrogens (tertiary/aromatic N) is 3. The van der Waals surface area contributed by atoms with Crippen LogP contribution in [0.5, 0.6) is 0 Å². The lowest BCUT2D eigenvalue weighted by atomic mass is 10.1. The van der Waals surface area contributed by atoms with Crippen molar-refractivity contribution in [1.29, 1.82) is 0 Å². The molecule has 0 amide bonds. The van der Waals surface area contributed by atoms with Gasteiger partial charge in [-0.2, -0.15) is 0 Å². The molecule has 0 atom stereocenters. The summed E-state index contributed by atoms with van der Waals surface area (Å²) in [5.41, 5.74) is 6.55. The molecule has 3 heteroatoms. The van der Waals surface area contributed by atoms with Crippen molar-refractivity contribution in [3.63, 3.8) is 0 Å². The van der Waals surface area contributed by atoms with E-state index in [4.69, 9.17) is 0 Å². The predicted octanol–water partition coefficient (Wildman–Crippen LogP) is 5.35. The van der Waals surface area contributed by atoms with Gasteiger partial charge in [0.05, 0.1) is 11.4 Å². The fraction of sp³-hybridized carbons (Fsp3) is 0.259. The number of benzene rings is 3. The Hall–Kier alpha value is -2.88. The molecular weight excluding hydrogens is 366 g/mol. The minimum absolute atomic E-state index is 1.01. The highest BCUT2D eigenvalue weighted by Crippen LogP contribution is 2.33. The van der Waals surface area contributed by atoms with Crippen molar-refractivity contribution in [2.45, 2.75) is 13.5 Å². The van der Waals surface area contributed by atoms with Crippen LogP contribution in [-0.4, -0.2) is 47.6 Å². The summed E-state index contributed by atoms with van der Waals surface area (Å²) in [7, 11) is 2.22. The first-order valence-corrected chi connectivity index (χ1v) is 10.9. The molecule has 0 saturated carbocycles. The van der Waals surface area contributed by atoms with E-state index in [2.05, 4.69) is 107 Å². The van der Waals surface area contributed by atoms with Crippen molar-refractivity contribution in [3.8, 4) is 16.9 Å². The maximum atomic E-state index is 2.59. The van der Waals surface area contributed by atoms with E-state index in [1.165, 1.54) is 39.0 Å². The molecule has 0 aliphatic carbocycles. The zero-order valence-electron chi connectivity index (χ0n) is 17.9. The molecule has 3 aromatic carbocycles. The molecule has 3 nitrogen and oxygen atoms in total. The van der Waals surface area contributed by atoms with Crippen LogP contribution in [0.4, 0.5) is 0 Å². The number of piperazine rings is 1. The summed E-state index contributed by atoms with van der Waals surface area (Å²) in [6.45, 7) is 7.85. The van der Waals surface area contributed by atoms with Gasteiger partial charge in [-0.3, -0.25) is 4.90 Å². The molecule has 2 heterocycles. The topological polar surface area (TPSA) is 11.4 Å². The second kappa shape index (κ2) is 8.10. The number of likely N-dealkylation sites (N-methyl/N-ethyl adjacent to an activating group) is 1. The minimum atomic E-state index is 1.01. The Bertz CT molecular complexity index is 1150. The zero-order valence-corrected chi connectivity index (χ0v) is 17.9. The largest absolute Gasteiger partial charge is 0.313 e. The van der Waals surface area contributed by atoms with E-state index in [9.17, 15) is 0 Å². The Morgan fingerprint density at radius 3 is 2.27 bits per heavy atom. The van der Waals surface area contributed by atoms with Gasteiger partial charge in [-0.1, -0.05) is 66.7 Å². The summed E-state index contributed by atoms with van der Waals surface area (Å²) in [4.78, 5) is 5.00. The lowest BCUT2D eigenvalue weighted by Gasteiger charge is -2.32. The Morgan fingerprint density at radius 2 is 1.47 bits per heavy atom. The summed E-state index contributed by atoms with van der Waals surface area (Å²) in [6.07, 6.45) is 0. The third-order valence-corrected chi connectivity index (χ3v) is 6.42. The normalized spacial score (nSPS) is 15.7.